The van der Waals surface area contributed by atoms with Crippen LogP contribution >= 0.6 is 0 Å². The first-order chi connectivity index (χ1) is 18.2. The minimum Gasteiger partial charge on any atom is -0.455 e. The number of hydrogen-bond donors (Lipinski definition) is 4. The second kappa shape index (κ2) is 10.3. The Hall–Kier alpha value is -3.58. The Morgan fingerprint density at radius 2 is 1.84 bits per heavy atom. The third-order valence-electron chi connectivity index (χ3n) is 6.58. The Kier molecular flexibility index (Phi) is 7.06. The van der Waals surface area contributed by atoms with Gasteiger partial charge in [-0.1, -0.05) is 6.07 Å². The number of halogens is 2. The van der Waals surface area contributed by atoms with Crippen LogP contribution in [-0.2, 0) is 17.8 Å². The molecule has 1 aliphatic rings. The summed E-state index contributed by atoms with van der Waals surface area (Å²) in [6.07, 6.45) is 1.80. The van der Waals surface area contributed by atoms with Crippen molar-refractivity contribution in [2.24, 2.45) is 0 Å². The first-order valence-electron chi connectivity index (χ1n) is 11.8. The summed E-state index contributed by atoms with van der Waals surface area (Å²) in [5.41, 5.74) is 2.39. The molecule has 5 rings (SSSR count). The Bertz CT molecular complexity index is 1560. The van der Waals surface area contributed by atoms with Crippen molar-refractivity contribution >= 4 is 46.4 Å². The minimum absolute atomic E-state index is 0.0621. The minimum atomic E-state index is -2.54. The smallest absolute Gasteiger partial charge is 0.455 e. The molecule has 0 radical (unpaired) electrons. The zero-order chi connectivity index (χ0) is 27.1. The van der Waals surface area contributed by atoms with E-state index in [2.05, 4.69) is 5.32 Å². The van der Waals surface area contributed by atoms with Gasteiger partial charge in [0.25, 0.3) is 17.2 Å². The maximum atomic E-state index is 14.4. The molecule has 38 heavy (non-hydrogen) atoms. The number of benzene rings is 3. The molecule has 4 aromatic rings. The number of carbonyl (C=O) groups excluding carboxylic acids is 1. The molecule has 1 heterocycles. The van der Waals surface area contributed by atoms with Gasteiger partial charge in [-0.05, 0) is 78.4 Å². The molecule has 0 bridgehead atoms. The number of rotatable bonds is 8. The van der Waals surface area contributed by atoms with Crippen LogP contribution in [-0.4, -0.2) is 38.9 Å². The highest BCUT2D eigenvalue weighted by Crippen LogP contribution is 2.45. The van der Waals surface area contributed by atoms with Crippen LogP contribution in [0, 0.1) is 11.6 Å². The van der Waals surface area contributed by atoms with Crippen LogP contribution in [0.1, 0.15) is 40.2 Å². The van der Waals surface area contributed by atoms with Gasteiger partial charge in [-0.25, -0.2) is 13.0 Å². The van der Waals surface area contributed by atoms with E-state index in [0.29, 0.717) is 27.7 Å². The molecule has 0 saturated heterocycles. The third-order valence-corrected chi connectivity index (χ3v) is 7.30. The lowest BCUT2D eigenvalue weighted by Gasteiger charge is -2.22. The van der Waals surface area contributed by atoms with Gasteiger partial charge in [0.1, 0.15) is 23.0 Å². The molecule has 1 atom stereocenters. The molecular formula is C26H23BF2N2O6S. The summed E-state index contributed by atoms with van der Waals surface area (Å²) < 4.78 is 57.5. The van der Waals surface area contributed by atoms with Crippen LogP contribution < -0.4 is 15.1 Å². The average Bonchev–Trinajstić information content (AvgIpc) is 3.66. The van der Waals surface area contributed by atoms with Crippen LogP contribution in [0.3, 0.4) is 0 Å². The van der Waals surface area contributed by atoms with Gasteiger partial charge in [0, 0.05) is 23.5 Å². The maximum absolute atomic E-state index is 14.4. The molecule has 196 valence electrons. The standard InChI is InChI=1S/C26H23BF2N2O6S/c1-30-26(32)24-20-12-19(14-2-3-14)16(10-23(20)37-25(24)15-4-6-17(28)7-5-15)13-31(38(35)36)18-8-9-21(27(33)34)22(29)11-18/h4-12,14,33-34H,2-3,13H2,1H3,(H,30,32)(H,35,36). The molecule has 1 unspecified atom stereocenters. The lowest BCUT2D eigenvalue weighted by Crippen LogP contribution is -2.33. The van der Waals surface area contributed by atoms with E-state index in [4.69, 9.17) is 4.42 Å². The molecule has 0 spiro atoms. The van der Waals surface area contributed by atoms with E-state index >= 15 is 0 Å². The van der Waals surface area contributed by atoms with Crippen LogP contribution in [0.5, 0.6) is 0 Å². The van der Waals surface area contributed by atoms with E-state index < -0.39 is 30.0 Å². The lowest BCUT2D eigenvalue weighted by molar-refractivity contribution is 0.0964. The Balaban J connectivity index is 1.63. The van der Waals surface area contributed by atoms with Crippen LogP contribution in [0.2, 0.25) is 0 Å². The van der Waals surface area contributed by atoms with Crippen molar-refractivity contribution in [1.29, 1.82) is 0 Å². The summed E-state index contributed by atoms with van der Waals surface area (Å²) in [4.78, 5) is 12.9. The van der Waals surface area contributed by atoms with Crippen LogP contribution in [0.15, 0.2) is 59.0 Å². The lowest BCUT2D eigenvalue weighted by atomic mass is 9.80. The number of hydrogen-bond acceptors (Lipinski definition) is 5. The molecule has 1 fully saturated rings. The Morgan fingerprint density at radius 3 is 2.42 bits per heavy atom. The van der Waals surface area contributed by atoms with Gasteiger partial charge in [-0.15, -0.1) is 0 Å². The molecule has 3 aromatic carbocycles. The van der Waals surface area contributed by atoms with Crippen molar-refractivity contribution in [2.75, 3.05) is 11.4 Å². The molecule has 1 aliphatic carbocycles. The van der Waals surface area contributed by atoms with E-state index in [-0.39, 0.29) is 35.3 Å². The second-order valence-corrected chi connectivity index (χ2v) is 9.96. The first kappa shape index (κ1) is 26.0. The molecule has 1 amide bonds. The van der Waals surface area contributed by atoms with Crippen LogP contribution in [0.4, 0.5) is 14.5 Å². The molecule has 0 aliphatic heterocycles. The van der Waals surface area contributed by atoms with Gasteiger partial charge >= 0.3 is 7.12 Å². The fraction of sp³-hybridized carbons (Fsp3) is 0.192. The van der Waals surface area contributed by atoms with E-state index in [9.17, 15) is 32.4 Å². The molecule has 1 saturated carbocycles. The zero-order valence-corrected chi connectivity index (χ0v) is 21.0. The highest BCUT2D eigenvalue weighted by Gasteiger charge is 2.31. The number of furan rings is 1. The van der Waals surface area contributed by atoms with Crippen molar-refractivity contribution in [3.05, 3.63) is 82.9 Å². The summed E-state index contributed by atoms with van der Waals surface area (Å²) in [6, 6.07) is 12.5. The second-order valence-electron chi connectivity index (χ2n) is 9.06. The molecular weight excluding hydrogens is 517 g/mol. The fourth-order valence-corrected chi connectivity index (χ4v) is 5.08. The van der Waals surface area contributed by atoms with Crippen LogP contribution in [0.25, 0.3) is 22.3 Å². The zero-order valence-electron chi connectivity index (χ0n) is 20.1. The number of nitrogens with one attached hydrogen (secondary N) is 1. The normalized spacial score (nSPS) is 13.9. The monoisotopic (exact) mass is 540 g/mol. The number of anilines is 1. The van der Waals surface area contributed by atoms with Gasteiger partial charge in [-0.2, -0.15) is 0 Å². The first-order valence-corrected chi connectivity index (χ1v) is 12.9. The maximum Gasteiger partial charge on any atom is 0.491 e. The molecule has 4 N–H and O–H groups in total. The summed E-state index contributed by atoms with van der Waals surface area (Å²) in [5, 5.41) is 21.8. The Morgan fingerprint density at radius 1 is 1.13 bits per heavy atom. The van der Waals surface area contributed by atoms with E-state index in [1.807, 2.05) is 6.07 Å². The molecule has 1 aromatic heterocycles. The number of fused-ring (bicyclic) bond motifs is 1. The summed E-state index contributed by atoms with van der Waals surface area (Å²) in [7, 11) is -0.523. The summed E-state index contributed by atoms with van der Waals surface area (Å²) >= 11 is -2.54. The molecule has 8 nitrogen and oxygen atoms in total. The quantitative estimate of drug-likeness (QED) is 0.201. The van der Waals surface area contributed by atoms with Crippen molar-refractivity contribution in [1.82, 2.24) is 5.32 Å². The predicted octanol–water partition coefficient (Wildman–Crippen LogP) is 3.44. The number of carbonyl (C=O) groups is 1. The van der Waals surface area contributed by atoms with Gasteiger partial charge in [0.15, 0.2) is 0 Å². The topological polar surface area (TPSA) is 123 Å². The highest BCUT2D eigenvalue weighted by molar-refractivity contribution is 7.80. The van der Waals surface area contributed by atoms with Gasteiger partial charge < -0.3 is 19.8 Å². The van der Waals surface area contributed by atoms with Gasteiger partial charge in [-0.3, -0.25) is 13.7 Å². The van der Waals surface area contributed by atoms with E-state index in [1.54, 1.807) is 6.07 Å². The Labute approximate surface area is 219 Å². The molecule has 12 heteroatoms. The van der Waals surface area contributed by atoms with Crippen molar-refractivity contribution in [3.8, 4) is 11.3 Å². The fourth-order valence-electron chi connectivity index (χ4n) is 4.54. The van der Waals surface area contributed by atoms with Crippen molar-refractivity contribution < 1.29 is 36.8 Å². The third kappa shape index (κ3) is 4.95. The number of amides is 1. The highest BCUT2D eigenvalue weighted by atomic mass is 32.2. The summed E-state index contributed by atoms with van der Waals surface area (Å²) in [6.45, 7) is -0.0900. The van der Waals surface area contributed by atoms with Crippen molar-refractivity contribution in [2.45, 2.75) is 25.3 Å². The SMILES string of the molecule is CNC(=O)c1c(-c2ccc(F)cc2)oc2cc(CN(c3ccc(B(O)O)c(F)c3)S(=O)O)c(C3CC3)cc12. The van der Waals surface area contributed by atoms with Crippen molar-refractivity contribution in [3.63, 3.8) is 0 Å². The van der Waals surface area contributed by atoms with E-state index in [0.717, 1.165) is 34.8 Å². The largest absolute Gasteiger partial charge is 0.491 e. The predicted molar refractivity (Wildman–Crippen MR) is 140 cm³/mol. The number of nitrogens with zero attached hydrogens (tertiary/aromatic N) is 1. The average molecular weight is 540 g/mol. The van der Waals surface area contributed by atoms with Gasteiger partial charge in [0.2, 0.25) is 0 Å². The van der Waals surface area contributed by atoms with Gasteiger partial charge in [0.05, 0.1) is 17.8 Å². The van der Waals surface area contributed by atoms with E-state index in [1.165, 1.54) is 37.4 Å². The summed E-state index contributed by atoms with van der Waals surface area (Å²) in [5.74, 6) is -1.30.